The van der Waals surface area contributed by atoms with E-state index in [9.17, 15) is 24.0 Å². The maximum Gasteiger partial charge on any atom is 0.338 e. The number of thiazole rings is 1. The van der Waals surface area contributed by atoms with Crippen LogP contribution in [0.25, 0.3) is 0 Å². The third-order valence-corrected chi connectivity index (χ3v) is 10.1. The minimum absolute atomic E-state index is 0.219. The van der Waals surface area contributed by atoms with Gasteiger partial charge < -0.3 is 19.8 Å². The number of benzene rings is 3. The van der Waals surface area contributed by atoms with Gasteiger partial charge in [0.1, 0.15) is 11.0 Å². The van der Waals surface area contributed by atoms with E-state index in [4.69, 9.17) is 9.47 Å². The maximum atomic E-state index is 14.1. The molecule has 224 valence electrons. The molecule has 44 heavy (non-hydrogen) atoms. The van der Waals surface area contributed by atoms with E-state index < -0.39 is 34.9 Å². The Morgan fingerprint density at radius 3 is 2.48 bits per heavy atom. The molecule has 0 spiro atoms. The Morgan fingerprint density at radius 1 is 1.00 bits per heavy atom. The third kappa shape index (κ3) is 5.70. The van der Waals surface area contributed by atoms with Crippen LogP contribution in [0.3, 0.4) is 0 Å². The van der Waals surface area contributed by atoms with Crippen molar-refractivity contribution in [2.75, 3.05) is 23.4 Å². The zero-order chi connectivity index (χ0) is 31.0. The van der Waals surface area contributed by atoms with E-state index in [1.54, 1.807) is 49.4 Å². The number of fused-ring (bicyclic) bond motifs is 2. The molecule has 3 atom stereocenters. The summed E-state index contributed by atoms with van der Waals surface area (Å²) in [4.78, 5) is 69.6. The van der Waals surface area contributed by atoms with Gasteiger partial charge in [0.2, 0.25) is 11.8 Å². The summed E-state index contributed by atoms with van der Waals surface area (Å²) in [5.41, 5.74) is 1.80. The number of halogens is 1. The highest BCUT2D eigenvalue weighted by atomic mass is 79.9. The number of nitrogens with one attached hydrogen (secondary N) is 2. The molecule has 3 amide bonds. The van der Waals surface area contributed by atoms with Gasteiger partial charge in [0.15, 0.2) is 6.61 Å². The fourth-order valence-electron chi connectivity index (χ4n) is 5.32. The monoisotopic (exact) mass is 693 g/mol. The van der Waals surface area contributed by atoms with E-state index in [1.165, 1.54) is 24.3 Å². The van der Waals surface area contributed by atoms with Gasteiger partial charge in [-0.2, -0.15) is 0 Å². The average molecular weight is 695 g/mol. The Labute approximate surface area is 267 Å². The zero-order valence-corrected chi connectivity index (χ0v) is 26.3. The highest BCUT2D eigenvalue weighted by molar-refractivity contribution is 9.10. The van der Waals surface area contributed by atoms with E-state index in [0.29, 0.717) is 42.6 Å². The molecule has 4 aromatic rings. The van der Waals surface area contributed by atoms with Crippen LogP contribution >= 0.6 is 39.0 Å². The highest BCUT2D eigenvalue weighted by Crippen LogP contribution is 2.54. The normalized spacial score (nSPS) is 18.9. The van der Waals surface area contributed by atoms with Crippen LogP contribution in [0.15, 0.2) is 87.1 Å². The topological polar surface area (TPSA) is 135 Å². The van der Waals surface area contributed by atoms with Crippen molar-refractivity contribution in [3.63, 3.8) is 0 Å². The number of esters is 1. The lowest BCUT2D eigenvalue weighted by Crippen LogP contribution is -2.32. The summed E-state index contributed by atoms with van der Waals surface area (Å²) in [6.07, 6.45) is 0. The van der Waals surface area contributed by atoms with E-state index >= 15 is 0 Å². The molecule has 13 heteroatoms. The Bertz CT molecular complexity index is 1820. The second-order valence-electron chi connectivity index (χ2n) is 9.91. The third-order valence-electron chi connectivity index (χ3n) is 7.18. The summed E-state index contributed by atoms with van der Waals surface area (Å²) in [6, 6.07) is 20.3. The molecular weight excluding hydrogens is 670 g/mol. The van der Waals surface area contributed by atoms with Gasteiger partial charge in [-0.05, 0) is 61.5 Å². The number of nitrogens with zero attached hydrogens (tertiary/aromatic N) is 1. The predicted octanol–water partition coefficient (Wildman–Crippen LogP) is 5.19. The largest absolute Gasteiger partial charge is 0.483 e. The first kappa shape index (κ1) is 29.9. The number of anilines is 2. The molecule has 2 unspecified atom stereocenters. The fourth-order valence-corrected chi connectivity index (χ4v) is 8.21. The number of aromatic nitrogens is 1. The summed E-state index contributed by atoms with van der Waals surface area (Å²) in [5, 5.41) is 2.46. The van der Waals surface area contributed by atoms with Crippen molar-refractivity contribution >= 4 is 74.1 Å². The quantitative estimate of drug-likeness (QED) is 0.190. The minimum Gasteiger partial charge on any atom is -0.483 e. The van der Waals surface area contributed by atoms with Crippen molar-refractivity contribution < 1.29 is 28.7 Å². The van der Waals surface area contributed by atoms with Gasteiger partial charge >= 0.3 is 10.8 Å². The SMILES string of the molecule is CCOC(=O)c1ccc(N2C(=O)C3Sc4[nH]c(=O)sc4[C@H](c4cc(Br)ccc4OCC(=O)Nc4ccccc4)C3C2=O)cc1. The van der Waals surface area contributed by atoms with Crippen LogP contribution in [0, 0.1) is 5.92 Å². The molecule has 6 rings (SSSR count). The van der Waals surface area contributed by atoms with Gasteiger partial charge in [-0.3, -0.25) is 19.2 Å². The first-order valence-corrected chi connectivity index (χ1v) is 16.1. The molecule has 2 aliphatic rings. The maximum absolute atomic E-state index is 14.1. The van der Waals surface area contributed by atoms with Crippen molar-refractivity contribution in [3.05, 3.63) is 103 Å². The Hall–Kier alpha value is -4.20. The molecule has 10 nitrogen and oxygen atoms in total. The van der Waals surface area contributed by atoms with Crippen LogP contribution < -0.4 is 19.8 Å². The van der Waals surface area contributed by atoms with Gasteiger partial charge in [-0.1, -0.05) is 57.2 Å². The molecule has 3 aromatic carbocycles. The number of amides is 3. The van der Waals surface area contributed by atoms with Crippen molar-refractivity contribution in [1.29, 1.82) is 0 Å². The van der Waals surface area contributed by atoms with Crippen LogP contribution in [-0.4, -0.2) is 47.1 Å². The molecule has 0 radical (unpaired) electrons. The molecule has 0 aliphatic carbocycles. The second kappa shape index (κ2) is 12.4. The lowest BCUT2D eigenvalue weighted by molar-refractivity contribution is -0.122. The number of carbonyl (C=O) groups excluding carboxylic acids is 4. The summed E-state index contributed by atoms with van der Waals surface area (Å²) in [5.74, 6) is -3.00. The number of rotatable bonds is 8. The molecule has 2 aliphatic heterocycles. The summed E-state index contributed by atoms with van der Waals surface area (Å²) >= 11 is 5.63. The molecule has 3 heterocycles. The van der Waals surface area contributed by atoms with Crippen molar-refractivity contribution in [2.45, 2.75) is 23.1 Å². The number of hydrogen-bond donors (Lipinski definition) is 2. The zero-order valence-electron chi connectivity index (χ0n) is 23.1. The van der Waals surface area contributed by atoms with Crippen LogP contribution in [0.5, 0.6) is 5.75 Å². The molecule has 1 fully saturated rings. The first-order chi connectivity index (χ1) is 21.2. The molecular formula is C31H24BrN3O7S2. The van der Waals surface area contributed by atoms with Crippen molar-refractivity contribution in [1.82, 2.24) is 4.98 Å². The number of aromatic amines is 1. The molecule has 1 saturated heterocycles. The molecule has 0 bridgehead atoms. The van der Waals surface area contributed by atoms with Gasteiger partial charge in [0.05, 0.1) is 28.8 Å². The van der Waals surface area contributed by atoms with Crippen LogP contribution in [0.1, 0.15) is 33.6 Å². The smallest absolute Gasteiger partial charge is 0.338 e. The second-order valence-corrected chi connectivity index (χ2v) is 13.0. The first-order valence-electron chi connectivity index (χ1n) is 13.6. The number of thioether (sulfide) groups is 1. The standard InChI is InChI=1S/C31H24BrN3O7S2/c1-2-41-30(39)16-8-11-19(12-9-16)35-28(37)24-23(25-27(34-31(40)44-25)43-26(24)29(35)38)20-14-17(32)10-13-21(20)42-15-22(36)33-18-6-4-3-5-7-18/h3-14,23-24,26H,2,15H2,1H3,(H,33,36)(H,34,40)/t23-,24?,26?/m1/s1. The number of H-pyrrole nitrogens is 1. The molecule has 1 aromatic heterocycles. The number of ether oxygens (including phenoxy) is 2. The lowest BCUT2D eigenvalue weighted by atomic mass is 9.82. The Kier molecular flexibility index (Phi) is 8.43. The predicted molar refractivity (Wildman–Crippen MR) is 170 cm³/mol. The number of hydrogen-bond acceptors (Lipinski definition) is 9. The van der Waals surface area contributed by atoms with Crippen LogP contribution in [0.4, 0.5) is 11.4 Å². The number of imide groups is 1. The summed E-state index contributed by atoms with van der Waals surface area (Å²) in [6.45, 7) is 1.62. The van der Waals surface area contributed by atoms with Gasteiger partial charge in [-0.15, -0.1) is 0 Å². The summed E-state index contributed by atoms with van der Waals surface area (Å²) in [7, 11) is 0. The highest BCUT2D eigenvalue weighted by Gasteiger charge is 2.56. The fraction of sp³-hybridized carbons (Fsp3) is 0.194. The van der Waals surface area contributed by atoms with Crippen LogP contribution in [0.2, 0.25) is 0 Å². The Morgan fingerprint density at radius 2 is 1.75 bits per heavy atom. The van der Waals surface area contributed by atoms with Gasteiger partial charge in [-0.25, -0.2) is 9.69 Å². The van der Waals surface area contributed by atoms with Gasteiger partial charge in [0.25, 0.3) is 5.91 Å². The minimum atomic E-state index is -0.869. The van der Waals surface area contributed by atoms with E-state index in [2.05, 4.69) is 26.2 Å². The number of para-hydroxylation sites is 1. The Balaban J connectivity index is 1.34. The lowest BCUT2D eigenvalue weighted by Gasteiger charge is -2.31. The molecule has 2 N–H and O–H groups in total. The van der Waals surface area contributed by atoms with Crippen LogP contribution in [-0.2, 0) is 19.1 Å². The van der Waals surface area contributed by atoms with Crippen molar-refractivity contribution in [3.8, 4) is 5.75 Å². The molecule has 0 saturated carbocycles. The van der Waals surface area contributed by atoms with E-state index in [-0.39, 0.29) is 24.0 Å². The average Bonchev–Trinajstić information content (AvgIpc) is 3.51. The van der Waals surface area contributed by atoms with Crippen molar-refractivity contribution in [2.24, 2.45) is 5.92 Å². The van der Waals surface area contributed by atoms with E-state index in [0.717, 1.165) is 28.0 Å². The van der Waals surface area contributed by atoms with E-state index in [1.807, 2.05) is 6.07 Å². The van der Waals surface area contributed by atoms with Gasteiger partial charge in [0, 0.05) is 26.5 Å². The summed E-state index contributed by atoms with van der Waals surface area (Å²) < 4.78 is 11.7. The number of carbonyl (C=O) groups is 4.